The summed E-state index contributed by atoms with van der Waals surface area (Å²) in [5.41, 5.74) is 7.07. The number of hydrogen-bond donors (Lipinski definition) is 2. The smallest absolute Gasteiger partial charge is 0.112 e. The molecule has 3 N–H and O–H groups in total. The van der Waals surface area contributed by atoms with Crippen LogP contribution in [-0.2, 0) is 0 Å². The Kier molecular flexibility index (Phi) is 2.73. The van der Waals surface area contributed by atoms with Crippen molar-refractivity contribution in [3.63, 3.8) is 0 Å². The Bertz CT molecular complexity index is 303. The van der Waals surface area contributed by atoms with Crippen LogP contribution in [0.25, 0.3) is 0 Å². The Labute approximate surface area is 72.0 Å². The van der Waals surface area contributed by atoms with Crippen molar-refractivity contribution >= 4 is 5.69 Å². The fraction of sp³-hybridized carbons (Fsp3) is 0.200. The summed E-state index contributed by atoms with van der Waals surface area (Å²) in [5.74, 6) is 5.46. The molecule has 0 amide bonds. The number of nitrogen functional groups attached to an aromatic ring is 1. The zero-order valence-corrected chi connectivity index (χ0v) is 6.91. The summed E-state index contributed by atoms with van der Waals surface area (Å²) < 4.78 is 0. The number of hydrogen-bond acceptors (Lipinski definition) is 2. The van der Waals surface area contributed by atoms with Crippen LogP contribution in [0.3, 0.4) is 0 Å². The van der Waals surface area contributed by atoms with E-state index in [1.165, 1.54) is 0 Å². The third-order valence-electron chi connectivity index (χ3n) is 1.34. The standard InChI is InChI=1S/C10H11NO/c1-8(12)2-3-9-4-6-10(11)7-5-9/h4-8,12H,11H2,1H3/t8-/m0/s1. The van der Waals surface area contributed by atoms with E-state index in [1.807, 2.05) is 12.1 Å². The van der Waals surface area contributed by atoms with Crippen LogP contribution in [0, 0.1) is 11.8 Å². The van der Waals surface area contributed by atoms with Gasteiger partial charge in [0.05, 0.1) is 0 Å². The molecule has 0 fully saturated rings. The summed E-state index contributed by atoms with van der Waals surface area (Å²) in [6.45, 7) is 1.63. The average molecular weight is 161 g/mol. The van der Waals surface area contributed by atoms with Crippen molar-refractivity contribution < 1.29 is 5.11 Å². The first-order valence-corrected chi connectivity index (χ1v) is 3.73. The van der Waals surface area contributed by atoms with Crippen molar-refractivity contribution in [1.82, 2.24) is 0 Å². The van der Waals surface area contributed by atoms with Gasteiger partial charge < -0.3 is 10.8 Å². The van der Waals surface area contributed by atoms with E-state index in [0.29, 0.717) is 0 Å². The van der Waals surface area contributed by atoms with Crippen molar-refractivity contribution in [2.45, 2.75) is 13.0 Å². The van der Waals surface area contributed by atoms with Gasteiger partial charge in [-0.2, -0.15) is 0 Å². The molecule has 62 valence electrons. The Morgan fingerprint density at radius 1 is 1.33 bits per heavy atom. The van der Waals surface area contributed by atoms with E-state index in [4.69, 9.17) is 10.8 Å². The highest BCUT2D eigenvalue weighted by atomic mass is 16.3. The van der Waals surface area contributed by atoms with Crippen molar-refractivity contribution in [3.05, 3.63) is 29.8 Å². The molecule has 0 aliphatic carbocycles. The molecule has 0 aliphatic rings. The topological polar surface area (TPSA) is 46.2 Å². The third kappa shape index (κ3) is 2.65. The number of anilines is 1. The van der Waals surface area contributed by atoms with Crippen LogP contribution >= 0.6 is 0 Å². The van der Waals surface area contributed by atoms with Gasteiger partial charge in [0.2, 0.25) is 0 Å². The van der Waals surface area contributed by atoms with Crippen molar-refractivity contribution in [2.75, 3.05) is 5.73 Å². The Morgan fingerprint density at radius 3 is 2.42 bits per heavy atom. The highest BCUT2D eigenvalue weighted by molar-refractivity contribution is 5.44. The van der Waals surface area contributed by atoms with E-state index >= 15 is 0 Å². The highest BCUT2D eigenvalue weighted by Crippen LogP contribution is 2.03. The van der Waals surface area contributed by atoms with Gasteiger partial charge in [0.25, 0.3) is 0 Å². The molecule has 0 saturated heterocycles. The van der Waals surface area contributed by atoms with Crippen LogP contribution in [0.15, 0.2) is 24.3 Å². The van der Waals surface area contributed by atoms with Crippen LogP contribution in [-0.4, -0.2) is 11.2 Å². The number of aliphatic hydroxyl groups excluding tert-OH is 1. The number of aliphatic hydroxyl groups is 1. The lowest BCUT2D eigenvalue weighted by Crippen LogP contribution is -1.92. The van der Waals surface area contributed by atoms with Gasteiger partial charge >= 0.3 is 0 Å². The molecule has 0 aliphatic heterocycles. The van der Waals surface area contributed by atoms with Crippen LogP contribution in [0.4, 0.5) is 5.69 Å². The minimum Gasteiger partial charge on any atom is -0.399 e. The first-order valence-electron chi connectivity index (χ1n) is 3.73. The molecule has 2 nitrogen and oxygen atoms in total. The quantitative estimate of drug-likeness (QED) is 0.440. The Balaban J connectivity index is 2.79. The highest BCUT2D eigenvalue weighted by Gasteiger charge is 1.87. The second kappa shape index (κ2) is 3.80. The van der Waals surface area contributed by atoms with E-state index in [1.54, 1.807) is 19.1 Å². The zero-order chi connectivity index (χ0) is 8.97. The molecule has 1 aromatic carbocycles. The lowest BCUT2D eigenvalue weighted by Gasteiger charge is -1.92. The maximum Gasteiger partial charge on any atom is 0.112 e. The van der Waals surface area contributed by atoms with Crippen LogP contribution < -0.4 is 5.73 Å². The molecule has 1 atom stereocenters. The fourth-order valence-corrected chi connectivity index (χ4v) is 0.754. The third-order valence-corrected chi connectivity index (χ3v) is 1.34. The maximum atomic E-state index is 8.87. The lowest BCUT2D eigenvalue weighted by atomic mass is 10.2. The van der Waals surface area contributed by atoms with Gasteiger partial charge in [-0.15, -0.1) is 0 Å². The molecule has 0 saturated carbocycles. The normalized spacial score (nSPS) is 11.5. The van der Waals surface area contributed by atoms with Crippen LogP contribution in [0.5, 0.6) is 0 Å². The van der Waals surface area contributed by atoms with Gasteiger partial charge in [-0.25, -0.2) is 0 Å². The van der Waals surface area contributed by atoms with E-state index < -0.39 is 6.10 Å². The van der Waals surface area contributed by atoms with Crippen LogP contribution in [0.2, 0.25) is 0 Å². The van der Waals surface area contributed by atoms with Crippen molar-refractivity contribution in [3.8, 4) is 11.8 Å². The van der Waals surface area contributed by atoms with Gasteiger partial charge in [0.15, 0.2) is 0 Å². The molecule has 0 aromatic heterocycles. The van der Waals surface area contributed by atoms with Crippen molar-refractivity contribution in [1.29, 1.82) is 0 Å². The van der Waals surface area contributed by atoms with Gasteiger partial charge in [0, 0.05) is 11.3 Å². The van der Waals surface area contributed by atoms with Crippen LogP contribution in [0.1, 0.15) is 12.5 Å². The van der Waals surface area contributed by atoms with Gasteiger partial charge in [-0.1, -0.05) is 11.8 Å². The molecule has 0 spiro atoms. The predicted molar refractivity (Wildman–Crippen MR) is 49.4 cm³/mol. The van der Waals surface area contributed by atoms with E-state index in [9.17, 15) is 0 Å². The summed E-state index contributed by atoms with van der Waals surface area (Å²) in [6, 6.07) is 7.22. The minimum atomic E-state index is -0.581. The molecular weight excluding hydrogens is 150 g/mol. The first-order chi connectivity index (χ1) is 5.68. The molecule has 1 rings (SSSR count). The largest absolute Gasteiger partial charge is 0.399 e. The molecule has 0 radical (unpaired) electrons. The summed E-state index contributed by atoms with van der Waals surface area (Å²) in [4.78, 5) is 0. The molecule has 0 unspecified atom stereocenters. The fourth-order valence-electron chi connectivity index (χ4n) is 0.754. The summed E-state index contributed by atoms with van der Waals surface area (Å²) in [7, 11) is 0. The van der Waals surface area contributed by atoms with Gasteiger partial charge in [-0.05, 0) is 31.2 Å². The maximum absolute atomic E-state index is 8.87. The molecule has 12 heavy (non-hydrogen) atoms. The lowest BCUT2D eigenvalue weighted by molar-refractivity contribution is 0.253. The molecule has 0 heterocycles. The van der Waals surface area contributed by atoms with E-state index in [-0.39, 0.29) is 0 Å². The summed E-state index contributed by atoms with van der Waals surface area (Å²) in [6.07, 6.45) is -0.581. The number of nitrogens with two attached hydrogens (primary N) is 1. The SMILES string of the molecule is C[C@H](O)C#Cc1ccc(N)cc1. The zero-order valence-electron chi connectivity index (χ0n) is 6.91. The monoisotopic (exact) mass is 161 g/mol. The number of rotatable bonds is 0. The summed E-state index contributed by atoms with van der Waals surface area (Å²) in [5, 5.41) is 8.87. The first kappa shape index (κ1) is 8.63. The van der Waals surface area contributed by atoms with Gasteiger partial charge in [0.1, 0.15) is 6.10 Å². The van der Waals surface area contributed by atoms with E-state index in [2.05, 4.69) is 11.8 Å². The Hall–Kier alpha value is -1.46. The second-order valence-electron chi connectivity index (χ2n) is 2.57. The second-order valence-corrected chi connectivity index (χ2v) is 2.57. The average Bonchev–Trinajstić information content (AvgIpc) is 2.03. The minimum absolute atomic E-state index is 0.581. The molecule has 2 heteroatoms. The number of benzene rings is 1. The predicted octanol–water partition coefficient (Wildman–Crippen LogP) is 1.00. The molecule has 0 bridgehead atoms. The van der Waals surface area contributed by atoms with Gasteiger partial charge in [-0.3, -0.25) is 0 Å². The Morgan fingerprint density at radius 2 is 1.92 bits per heavy atom. The van der Waals surface area contributed by atoms with Crippen molar-refractivity contribution in [2.24, 2.45) is 0 Å². The summed E-state index contributed by atoms with van der Waals surface area (Å²) >= 11 is 0. The molecule has 1 aromatic rings. The molecular formula is C10H11NO. The van der Waals surface area contributed by atoms with E-state index in [0.717, 1.165) is 11.3 Å².